The van der Waals surface area contributed by atoms with Crippen molar-refractivity contribution in [1.82, 2.24) is 14.7 Å². The van der Waals surface area contributed by atoms with Crippen LogP contribution in [0.3, 0.4) is 0 Å². The lowest BCUT2D eigenvalue weighted by Gasteiger charge is -2.19. The highest BCUT2D eigenvalue weighted by atomic mass is 35.5. The number of hydrogen-bond acceptors (Lipinski definition) is 3. The van der Waals surface area contributed by atoms with Crippen LogP contribution in [0.2, 0.25) is 0 Å². The van der Waals surface area contributed by atoms with Gasteiger partial charge in [-0.1, -0.05) is 0 Å². The van der Waals surface area contributed by atoms with Crippen LogP contribution in [0, 0.1) is 0 Å². The van der Waals surface area contributed by atoms with E-state index in [0.717, 1.165) is 6.07 Å². The van der Waals surface area contributed by atoms with E-state index in [1.165, 1.54) is 4.90 Å². The van der Waals surface area contributed by atoms with E-state index in [2.05, 4.69) is 5.10 Å². The fourth-order valence-corrected chi connectivity index (χ4v) is 2.03. The zero-order valence-corrected chi connectivity index (χ0v) is 12.4. The summed E-state index contributed by atoms with van der Waals surface area (Å²) < 4.78 is 44.1. The number of aryl methyl sites for hydroxylation is 1. The molecular formula is C13H13ClF3N3O2. The molecular weight excluding hydrogens is 323 g/mol. The third-order valence-electron chi connectivity index (χ3n) is 2.92. The normalized spacial score (nSPS) is 11.7. The Morgan fingerprint density at radius 1 is 1.45 bits per heavy atom. The van der Waals surface area contributed by atoms with Crippen LogP contribution in [-0.4, -0.2) is 26.5 Å². The number of aromatic nitrogens is 2. The summed E-state index contributed by atoms with van der Waals surface area (Å²) in [7, 11) is 1.72. The largest absolute Gasteiger partial charge is 0.467 e. The van der Waals surface area contributed by atoms with Crippen LogP contribution in [0.5, 0.6) is 0 Å². The van der Waals surface area contributed by atoms with E-state index in [1.807, 2.05) is 0 Å². The number of alkyl halides is 4. The molecule has 0 atom stereocenters. The second-order valence-electron chi connectivity index (χ2n) is 4.66. The van der Waals surface area contributed by atoms with Crippen molar-refractivity contribution in [2.45, 2.75) is 19.3 Å². The molecule has 9 heteroatoms. The number of carbonyl (C=O) groups is 1. The molecule has 0 bridgehead atoms. The maximum Gasteiger partial charge on any atom is 0.419 e. The third-order valence-corrected chi connectivity index (χ3v) is 3.15. The van der Waals surface area contributed by atoms with E-state index in [0.29, 0.717) is 12.0 Å². The zero-order valence-electron chi connectivity index (χ0n) is 11.6. The Balaban J connectivity index is 2.13. The number of hydrogen-bond donors (Lipinski definition) is 0. The van der Waals surface area contributed by atoms with Crippen molar-refractivity contribution in [1.29, 1.82) is 0 Å². The molecule has 0 saturated carbocycles. The molecule has 2 aromatic heterocycles. The Hall–Kier alpha value is -1.96. The Morgan fingerprint density at radius 3 is 2.68 bits per heavy atom. The van der Waals surface area contributed by atoms with Crippen LogP contribution >= 0.6 is 11.6 Å². The quantitative estimate of drug-likeness (QED) is 0.789. The first-order valence-electron chi connectivity index (χ1n) is 6.26. The van der Waals surface area contributed by atoms with Crippen molar-refractivity contribution >= 4 is 17.5 Å². The molecule has 0 aliphatic rings. The van der Waals surface area contributed by atoms with Gasteiger partial charge in [-0.3, -0.25) is 9.48 Å². The molecule has 0 N–H and O–H groups in total. The van der Waals surface area contributed by atoms with Crippen molar-refractivity contribution in [3.63, 3.8) is 0 Å². The number of furan rings is 1. The van der Waals surface area contributed by atoms with Gasteiger partial charge in [-0.25, -0.2) is 0 Å². The predicted octanol–water partition coefficient (Wildman–Crippen LogP) is 2.80. The van der Waals surface area contributed by atoms with Crippen LogP contribution in [0.15, 0.2) is 29.0 Å². The summed E-state index contributed by atoms with van der Waals surface area (Å²) in [6, 6.07) is 2.57. The van der Waals surface area contributed by atoms with Gasteiger partial charge in [0.1, 0.15) is 17.9 Å². The zero-order chi connectivity index (χ0) is 16.3. The van der Waals surface area contributed by atoms with Gasteiger partial charge in [0.15, 0.2) is 0 Å². The van der Waals surface area contributed by atoms with Crippen LogP contribution in [0.4, 0.5) is 13.2 Å². The number of amides is 1. The molecule has 2 rings (SSSR count). The molecule has 22 heavy (non-hydrogen) atoms. The second-order valence-corrected chi connectivity index (χ2v) is 4.93. The molecule has 0 fully saturated rings. The first-order valence-corrected chi connectivity index (χ1v) is 6.80. The van der Waals surface area contributed by atoms with Gasteiger partial charge in [-0.2, -0.15) is 18.3 Å². The van der Waals surface area contributed by atoms with Crippen molar-refractivity contribution in [2.75, 3.05) is 5.88 Å². The second kappa shape index (κ2) is 6.43. The van der Waals surface area contributed by atoms with Gasteiger partial charge < -0.3 is 9.32 Å². The van der Waals surface area contributed by atoms with Gasteiger partial charge in [0, 0.05) is 13.2 Å². The molecule has 120 valence electrons. The Bertz CT molecular complexity index is 651. The molecule has 1 amide bonds. The predicted molar refractivity (Wildman–Crippen MR) is 71.9 cm³/mol. The summed E-state index contributed by atoms with van der Waals surface area (Å²) >= 11 is 5.53. The number of rotatable bonds is 5. The van der Waals surface area contributed by atoms with Crippen LogP contribution in [0.25, 0.3) is 0 Å². The molecule has 0 aliphatic heterocycles. The summed E-state index contributed by atoms with van der Waals surface area (Å²) in [5.74, 6) is -0.668. The molecule has 2 aromatic rings. The molecule has 2 heterocycles. The standard InChI is InChI=1S/C13H13ClF3N3O2/c1-19-3-2-10(18-19)6-20(12(21)5-14)7-11-4-9(8-22-11)13(15,16)17/h2-4,8H,5-7H2,1H3. The number of nitrogens with zero attached hydrogens (tertiary/aromatic N) is 3. The van der Waals surface area contributed by atoms with Gasteiger partial charge in [0.25, 0.3) is 0 Å². The molecule has 5 nitrogen and oxygen atoms in total. The summed E-state index contributed by atoms with van der Waals surface area (Å²) in [5.41, 5.74) is -0.290. The Labute approximate surface area is 129 Å². The van der Waals surface area contributed by atoms with E-state index >= 15 is 0 Å². The Kier molecular flexibility index (Phi) is 4.80. The number of halogens is 4. The van der Waals surface area contributed by atoms with E-state index < -0.39 is 17.6 Å². The van der Waals surface area contributed by atoms with Crippen LogP contribution in [0.1, 0.15) is 17.0 Å². The average molecular weight is 336 g/mol. The van der Waals surface area contributed by atoms with Gasteiger partial charge >= 0.3 is 6.18 Å². The summed E-state index contributed by atoms with van der Waals surface area (Å²) in [4.78, 5) is 13.1. The molecule has 0 aliphatic carbocycles. The molecule has 0 spiro atoms. The van der Waals surface area contributed by atoms with E-state index in [4.69, 9.17) is 16.0 Å². The monoisotopic (exact) mass is 335 g/mol. The van der Waals surface area contributed by atoms with Crippen LogP contribution < -0.4 is 0 Å². The van der Waals surface area contributed by atoms with E-state index in [1.54, 1.807) is 24.0 Å². The minimum Gasteiger partial charge on any atom is -0.467 e. The SMILES string of the molecule is Cn1ccc(CN(Cc2cc(C(F)(F)F)co2)C(=O)CCl)n1. The minimum absolute atomic E-state index is 0.0294. The fourth-order valence-electron chi connectivity index (χ4n) is 1.86. The summed E-state index contributed by atoms with van der Waals surface area (Å²) in [6.07, 6.45) is -2.16. The van der Waals surface area contributed by atoms with Crippen molar-refractivity contribution in [2.24, 2.45) is 7.05 Å². The lowest BCUT2D eigenvalue weighted by molar-refractivity contribution is -0.138. The smallest absolute Gasteiger partial charge is 0.419 e. The van der Waals surface area contributed by atoms with E-state index in [-0.39, 0.29) is 24.7 Å². The maximum atomic E-state index is 12.5. The minimum atomic E-state index is -4.48. The lowest BCUT2D eigenvalue weighted by Crippen LogP contribution is -2.31. The van der Waals surface area contributed by atoms with E-state index in [9.17, 15) is 18.0 Å². The Morgan fingerprint density at radius 2 is 2.18 bits per heavy atom. The van der Waals surface area contributed by atoms with Gasteiger partial charge in [-0.15, -0.1) is 11.6 Å². The first-order chi connectivity index (χ1) is 10.3. The molecule has 0 unspecified atom stereocenters. The van der Waals surface area contributed by atoms with Gasteiger partial charge in [0.05, 0.1) is 24.3 Å². The molecule has 0 aromatic carbocycles. The number of carbonyl (C=O) groups excluding carboxylic acids is 1. The first kappa shape index (κ1) is 16.4. The van der Waals surface area contributed by atoms with Crippen LogP contribution in [-0.2, 0) is 31.1 Å². The summed E-state index contributed by atoms with van der Waals surface area (Å²) in [6.45, 7) is 0.0205. The van der Waals surface area contributed by atoms with Crippen molar-refractivity contribution in [3.05, 3.63) is 41.6 Å². The lowest BCUT2D eigenvalue weighted by atomic mass is 10.3. The average Bonchev–Trinajstić information content (AvgIpc) is 3.06. The van der Waals surface area contributed by atoms with Crippen molar-refractivity contribution < 1.29 is 22.4 Å². The summed E-state index contributed by atoms with van der Waals surface area (Å²) in [5, 5.41) is 4.12. The maximum absolute atomic E-state index is 12.5. The fraction of sp³-hybridized carbons (Fsp3) is 0.385. The topological polar surface area (TPSA) is 51.3 Å². The highest BCUT2D eigenvalue weighted by Crippen LogP contribution is 2.31. The van der Waals surface area contributed by atoms with Gasteiger partial charge in [-0.05, 0) is 12.1 Å². The highest BCUT2D eigenvalue weighted by molar-refractivity contribution is 6.27. The third kappa shape index (κ3) is 4.03. The molecule has 0 radical (unpaired) electrons. The highest BCUT2D eigenvalue weighted by Gasteiger charge is 2.33. The van der Waals surface area contributed by atoms with Gasteiger partial charge in [0.2, 0.25) is 5.91 Å². The molecule has 0 saturated heterocycles. The van der Waals surface area contributed by atoms with Crippen molar-refractivity contribution in [3.8, 4) is 0 Å².